The van der Waals surface area contributed by atoms with Crippen LogP contribution in [-0.2, 0) is 4.79 Å². The number of benzene rings is 1. The van der Waals surface area contributed by atoms with Crippen LogP contribution in [0.3, 0.4) is 0 Å². The molecule has 34 heavy (non-hydrogen) atoms. The van der Waals surface area contributed by atoms with Gasteiger partial charge in [0.1, 0.15) is 4.70 Å². The van der Waals surface area contributed by atoms with Gasteiger partial charge < -0.3 is 10.2 Å². The molecule has 180 valence electrons. The smallest absolute Gasteiger partial charge is 0.270 e. The van der Waals surface area contributed by atoms with Crippen LogP contribution in [-0.4, -0.2) is 35.0 Å². The zero-order valence-electron chi connectivity index (χ0n) is 19.9. The van der Waals surface area contributed by atoms with Gasteiger partial charge in [0.25, 0.3) is 5.56 Å². The highest BCUT2D eigenvalue weighted by molar-refractivity contribution is 7.17. The number of rotatable bonds is 4. The summed E-state index contributed by atoms with van der Waals surface area (Å²) in [4.78, 5) is 35.8. The Balaban J connectivity index is 1.27. The lowest BCUT2D eigenvalue weighted by Crippen LogP contribution is -2.44. The molecule has 1 saturated heterocycles. The molecular weight excluding hydrogens is 444 g/mol. The number of nitrogens with zero attached hydrogens (tertiary/aromatic N) is 2. The predicted octanol–water partition coefficient (Wildman–Crippen LogP) is 5.41. The highest BCUT2D eigenvalue weighted by Gasteiger charge is 2.28. The molecule has 2 fully saturated rings. The van der Waals surface area contributed by atoms with Crippen molar-refractivity contribution < 1.29 is 4.79 Å². The molecule has 0 atom stereocenters. The topological polar surface area (TPSA) is 78.1 Å². The summed E-state index contributed by atoms with van der Waals surface area (Å²) in [6.45, 7) is 3.52. The number of hydrogen-bond acceptors (Lipinski definition) is 5. The molecule has 0 radical (unpaired) electrons. The normalized spacial score (nSPS) is 18.6. The fourth-order valence-corrected chi connectivity index (χ4v) is 6.26. The number of anilines is 1. The van der Waals surface area contributed by atoms with Gasteiger partial charge in [0.15, 0.2) is 0 Å². The van der Waals surface area contributed by atoms with Crippen molar-refractivity contribution >= 4 is 33.4 Å². The minimum atomic E-state index is -0.0898. The van der Waals surface area contributed by atoms with E-state index in [9.17, 15) is 9.59 Å². The maximum absolute atomic E-state index is 12.9. The van der Waals surface area contributed by atoms with E-state index in [0.29, 0.717) is 16.7 Å². The number of fused-ring (bicyclic) bond motifs is 1. The molecule has 5 rings (SSSR count). The van der Waals surface area contributed by atoms with E-state index in [2.05, 4.69) is 40.3 Å². The number of carbonyl (C=O) groups is 1. The molecule has 1 aliphatic heterocycles. The minimum absolute atomic E-state index is 0.0427. The van der Waals surface area contributed by atoms with Crippen molar-refractivity contribution in [2.75, 3.05) is 18.0 Å². The Labute approximate surface area is 204 Å². The van der Waals surface area contributed by atoms with Gasteiger partial charge in [-0.25, -0.2) is 4.98 Å². The second-order valence-electron chi connectivity index (χ2n) is 9.90. The number of amides is 1. The second kappa shape index (κ2) is 10.3. The third-order valence-corrected chi connectivity index (χ3v) is 8.33. The minimum Gasteiger partial charge on any atom is -0.353 e. The molecule has 3 heterocycles. The van der Waals surface area contributed by atoms with Gasteiger partial charge in [0.2, 0.25) is 11.9 Å². The Morgan fingerprint density at radius 1 is 1.09 bits per heavy atom. The molecule has 1 amide bonds. The van der Waals surface area contributed by atoms with Crippen molar-refractivity contribution in [1.82, 2.24) is 15.3 Å². The van der Waals surface area contributed by atoms with E-state index >= 15 is 0 Å². The molecule has 0 unspecified atom stereocenters. The Morgan fingerprint density at radius 3 is 2.56 bits per heavy atom. The first-order valence-corrected chi connectivity index (χ1v) is 13.6. The first kappa shape index (κ1) is 23.1. The van der Waals surface area contributed by atoms with Gasteiger partial charge in [-0.2, -0.15) is 0 Å². The molecular formula is C27H34N4O2S. The van der Waals surface area contributed by atoms with Crippen LogP contribution in [0.2, 0.25) is 0 Å². The number of nitrogens with one attached hydrogen (secondary N) is 2. The van der Waals surface area contributed by atoms with Crippen LogP contribution >= 0.6 is 11.3 Å². The van der Waals surface area contributed by atoms with Crippen LogP contribution in [0.1, 0.15) is 63.4 Å². The first-order chi connectivity index (χ1) is 16.6. The van der Waals surface area contributed by atoms with E-state index in [4.69, 9.17) is 4.98 Å². The van der Waals surface area contributed by atoms with Crippen molar-refractivity contribution in [3.63, 3.8) is 0 Å². The van der Waals surface area contributed by atoms with Crippen LogP contribution < -0.4 is 15.8 Å². The fraction of sp³-hybridized carbons (Fsp3) is 0.519. The zero-order chi connectivity index (χ0) is 23.5. The van der Waals surface area contributed by atoms with Crippen molar-refractivity contribution in [2.45, 2.75) is 70.8 Å². The largest absolute Gasteiger partial charge is 0.353 e. The molecule has 1 aliphatic carbocycles. The van der Waals surface area contributed by atoms with Gasteiger partial charge in [-0.15, -0.1) is 11.3 Å². The lowest BCUT2D eigenvalue weighted by Gasteiger charge is -2.32. The molecule has 0 bridgehead atoms. The highest BCUT2D eigenvalue weighted by Crippen LogP contribution is 2.32. The van der Waals surface area contributed by atoms with E-state index in [-0.39, 0.29) is 17.4 Å². The SMILES string of the molecule is Cc1cccc(-c2csc3c(=O)[nH]c(N4CCC(C(=O)NC5CCCCCCC5)CC4)nc23)c1. The highest BCUT2D eigenvalue weighted by atomic mass is 32.1. The molecule has 2 aliphatic rings. The summed E-state index contributed by atoms with van der Waals surface area (Å²) in [5, 5.41) is 5.37. The van der Waals surface area contributed by atoms with Crippen molar-refractivity contribution in [3.05, 3.63) is 45.6 Å². The quantitative estimate of drug-likeness (QED) is 0.526. The molecule has 1 saturated carbocycles. The molecule has 6 nitrogen and oxygen atoms in total. The Morgan fingerprint density at radius 2 is 1.82 bits per heavy atom. The van der Waals surface area contributed by atoms with Gasteiger partial charge in [-0.3, -0.25) is 14.6 Å². The monoisotopic (exact) mass is 478 g/mol. The molecule has 2 N–H and O–H groups in total. The molecule has 0 spiro atoms. The molecule has 7 heteroatoms. The van der Waals surface area contributed by atoms with Gasteiger partial charge in [-0.1, -0.05) is 61.9 Å². The van der Waals surface area contributed by atoms with E-state index in [1.54, 1.807) is 0 Å². The van der Waals surface area contributed by atoms with Crippen LogP contribution in [0.5, 0.6) is 0 Å². The molecule has 2 aromatic heterocycles. The van der Waals surface area contributed by atoms with Gasteiger partial charge in [0.05, 0.1) is 5.52 Å². The number of aromatic nitrogens is 2. The van der Waals surface area contributed by atoms with E-state index in [0.717, 1.165) is 55.4 Å². The first-order valence-electron chi connectivity index (χ1n) is 12.7. The fourth-order valence-electron chi connectivity index (χ4n) is 5.36. The lowest BCUT2D eigenvalue weighted by atomic mass is 9.93. The van der Waals surface area contributed by atoms with Gasteiger partial charge in [-0.05, 0) is 38.2 Å². The van der Waals surface area contributed by atoms with Crippen molar-refractivity contribution in [3.8, 4) is 11.1 Å². The van der Waals surface area contributed by atoms with Crippen LogP contribution in [0.4, 0.5) is 5.95 Å². The van der Waals surface area contributed by atoms with Crippen molar-refractivity contribution in [2.24, 2.45) is 5.92 Å². The van der Waals surface area contributed by atoms with Crippen LogP contribution in [0, 0.1) is 12.8 Å². The van der Waals surface area contributed by atoms with Gasteiger partial charge >= 0.3 is 0 Å². The second-order valence-corrected chi connectivity index (χ2v) is 10.8. The van der Waals surface area contributed by atoms with Crippen LogP contribution in [0.25, 0.3) is 21.3 Å². The number of carbonyl (C=O) groups excluding carboxylic acids is 1. The van der Waals surface area contributed by atoms with Crippen molar-refractivity contribution in [1.29, 1.82) is 0 Å². The number of hydrogen-bond donors (Lipinski definition) is 2. The number of aromatic amines is 1. The average molecular weight is 479 g/mol. The number of thiophene rings is 1. The summed E-state index contributed by atoms with van der Waals surface area (Å²) in [6, 6.07) is 8.64. The average Bonchev–Trinajstić information content (AvgIpc) is 3.25. The lowest BCUT2D eigenvalue weighted by molar-refractivity contribution is -0.126. The third kappa shape index (κ3) is 5.04. The summed E-state index contributed by atoms with van der Waals surface area (Å²) >= 11 is 1.44. The summed E-state index contributed by atoms with van der Waals surface area (Å²) in [7, 11) is 0. The van der Waals surface area contributed by atoms with Gasteiger partial charge in [0, 0.05) is 36.0 Å². The predicted molar refractivity (Wildman–Crippen MR) is 140 cm³/mol. The summed E-state index contributed by atoms with van der Waals surface area (Å²) in [5.74, 6) is 0.867. The summed E-state index contributed by atoms with van der Waals surface area (Å²) < 4.78 is 0.661. The Kier molecular flexibility index (Phi) is 6.99. The van der Waals surface area contributed by atoms with E-state index in [1.807, 2.05) is 11.4 Å². The zero-order valence-corrected chi connectivity index (χ0v) is 20.8. The maximum Gasteiger partial charge on any atom is 0.270 e. The Hall–Kier alpha value is -2.67. The molecule has 1 aromatic carbocycles. The Bertz CT molecular complexity index is 1200. The summed E-state index contributed by atoms with van der Waals surface area (Å²) in [6.07, 6.45) is 10.1. The maximum atomic E-state index is 12.9. The summed E-state index contributed by atoms with van der Waals surface area (Å²) in [5.41, 5.74) is 3.94. The number of H-pyrrole nitrogens is 1. The molecule has 3 aromatic rings. The van der Waals surface area contributed by atoms with Crippen LogP contribution in [0.15, 0.2) is 34.4 Å². The van der Waals surface area contributed by atoms with E-state index in [1.165, 1.54) is 49.0 Å². The standard InChI is InChI=1S/C27H34N4O2S/c1-18-8-7-9-20(16-18)22-17-34-24-23(22)29-27(30-26(24)33)31-14-12-19(13-15-31)25(32)28-21-10-5-3-2-4-6-11-21/h7-9,16-17,19,21H,2-6,10-15H2,1H3,(H,28,32)(H,29,30,33). The van der Waals surface area contributed by atoms with E-state index < -0.39 is 0 Å². The number of aryl methyl sites for hydroxylation is 1. The third-order valence-electron chi connectivity index (χ3n) is 7.36. The number of piperidine rings is 1.